The first-order valence-electron chi connectivity index (χ1n) is 5.31. The van der Waals surface area contributed by atoms with Crippen LogP contribution in [0.15, 0.2) is 11.6 Å². The highest BCUT2D eigenvalue weighted by Gasteiger charge is 2.56. The molecule has 1 heteroatoms. The molecule has 2 saturated carbocycles. The molecule has 0 aromatic heterocycles. The van der Waals surface area contributed by atoms with Gasteiger partial charge in [-0.05, 0) is 37.0 Å². The van der Waals surface area contributed by atoms with E-state index in [0.29, 0.717) is 11.8 Å². The molecule has 13 heavy (non-hydrogen) atoms. The fraction of sp³-hybridized carbons (Fsp3) is 0.750. The largest absolute Gasteiger partial charge is 0.303 e. The first kappa shape index (κ1) is 8.98. The van der Waals surface area contributed by atoms with E-state index in [4.69, 9.17) is 0 Å². The molecule has 0 radical (unpaired) electrons. The van der Waals surface area contributed by atoms with Crippen molar-refractivity contribution in [2.24, 2.45) is 17.3 Å². The Hall–Kier alpha value is -0.590. The van der Waals surface area contributed by atoms with Crippen molar-refractivity contribution in [3.63, 3.8) is 0 Å². The van der Waals surface area contributed by atoms with Gasteiger partial charge in [0.05, 0.1) is 0 Å². The average Bonchev–Trinajstić information content (AvgIpc) is 2.54. The summed E-state index contributed by atoms with van der Waals surface area (Å²) in [6.45, 7) is 4.39. The van der Waals surface area contributed by atoms with Gasteiger partial charge in [-0.2, -0.15) is 0 Å². The van der Waals surface area contributed by atoms with Crippen molar-refractivity contribution in [2.45, 2.75) is 39.5 Å². The van der Waals surface area contributed by atoms with E-state index in [1.807, 2.05) is 0 Å². The molecule has 0 aromatic carbocycles. The molecule has 0 saturated heterocycles. The van der Waals surface area contributed by atoms with Crippen LogP contribution in [0, 0.1) is 17.3 Å². The number of hydrogen-bond acceptors (Lipinski definition) is 1. The van der Waals surface area contributed by atoms with Gasteiger partial charge in [0.25, 0.3) is 0 Å². The maximum Gasteiger partial charge on any atom is 0.124 e. The van der Waals surface area contributed by atoms with E-state index in [1.54, 1.807) is 5.57 Å². The number of hydrogen-bond donors (Lipinski definition) is 0. The first-order valence-corrected chi connectivity index (χ1v) is 5.31. The molecule has 2 unspecified atom stereocenters. The predicted octanol–water partition coefficient (Wildman–Crippen LogP) is 2.96. The van der Waals surface area contributed by atoms with Crippen molar-refractivity contribution in [1.29, 1.82) is 0 Å². The second kappa shape index (κ2) is 2.97. The molecule has 0 heterocycles. The van der Waals surface area contributed by atoms with Crippen LogP contribution in [0.25, 0.3) is 0 Å². The normalized spacial score (nSPS) is 36.0. The van der Waals surface area contributed by atoms with Crippen LogP contribution in [0.3, 0.4) is 0 Å². The van der Waals surface area contributed by atoms with Gasteiger partial charge < -0.3 is 4.79 Å². The highest BCUT2D eigenvalue weighted by atomic mass is 16.1. The summed E-state index contributed by atoms with van der Waals surface area (Å²) in [6, 6.07) is 0. The van der Waals surface area contributed by atoms with E-state index in [-0.39, 0.29) is 5.41 Å². The minimum atomic E-state index is 0.247. The molecule has 0 aliphatic heterocycles. The molecule has 0 bridgehead atoms. The van der Waals surface area contributed by atoms with Crippen LogP contribution in [-0.2, 0) is 4.79 Å². The number of carbonyl (C=O) groups is 1. The van der Waals surface area contributed by atoms with Crippen molar-refractivity contribution in [1.82, 2.24) is 0 Å². The Morgan fingerprint density at radius 2 is 1.85 bits per heavy atom. The Kier molecular flexibility index (Phi) is 2.05. The van der Waals surface area contributed by atoms with Crippen molar-refractivity contribution in [3.05, 3.63) is 11.6 Å². The molecule has 0 amide bonds. The van der Waals surface area contributed by atoms with E-state index >= 15 is 0 Å². The lowest BCUT2D eigenvalue weighted by atomic mass is 10.1. The summed E-state index contributed by atoms with van der Waals surface area (Å²) in [5.74, 6) is 0.832. The van der Waals surface area contributed by atoms with Crippen molar-refractivity contribution < 1.29 is 4.79 Å². The summed E-state index contributed by atoms with van der Waals surface area (Å²) >= 11 is 0. The zero-order valence-electron chi connectivity index (χ0n) is 8.55. The Morgan fingerprint density at radius 1 is 1.23 bits per heavy atom. The minimum absolute atomic E-state index is 0.247. The van der Waals surface area contributed by atoms with E-state index in [0.717, 1.165) is 6.29 Å². The summed E-state index contributed by atoms with van der Waals surface area (Å²) in [5.41, 5.74) is 1.85. The molecule has 1 nitrogen and oxygen atoms in total. The highest BCUT2D eigenvalue weighted by Crippen LogP contribution is 2.58. The molecule has 0 N–H and O–H groups in total. The maximum atomic E-state index is 10.7. The predicted molar refractivity (Wildman–Crippen MR) is 53.4 cm³/mol. The van der Waals surface area contributed by atoms with Crippen LogP contribution in [0.4, 0.5) is 0 Å². The SMILES string of the molecule is CC1(C)C(C=O)C1C=C1CCCC1. The van der Waals surface area contributed by atoms with Crippen LogP contribution in [0.1, 0.15) is 39.5 Å². The van der Waals surface area contributed by atoms with Crippen LogP contribution in [0.2, 0.25) is 0 Å². The number of allylic oxidation sites excluding steroid dienone is 2. The summed E-state index contributed by atoms with van der Waals surface area (Å²) in [6.07, 6.45) is 8.77. The van der Waals surface area contributed by atoms with Gasteiger partial charge in [0.1, 0.15) is 6.29 Å². The third kappa shape index (κ3) is 1.45. The Bertz CT molecular complexity index is 242. The molecular formula is C12H18O. The Labute approximate surface area is 80.2 Å². The van der Waals surface area contributed by atoms with Crippen molar-refractivity contribution in [3.8, 4) is 0 Å². The molecule has 0 aromatic rings. The van der Waals surface area contributed by atoms with Gasteiger partial charge in [-0.25, -0.2) is 0 Å². The average molecular weight is 178 g/mol. The lowest BCUT2D eigenvalue weighted by Crippen LogP contribution is -1.90. The number of aldehydes is 1. The summed E-state index contributed by atoms with van der Waals surface area (Å²) in [7, 11) is 0. The number of carbonyl (C=O) groups excluding carboxylic acids is 1. The lowest BCUT2D eigenvalue weighted by molar-refractivity contribution is -0.109. The van der Waals surface area contributed by atoms with Gasteiger partial charge in [-0.3, -0.25) is 0 Å². The van der Waals surface area contributed by atoms with Crippen LogP contribution in [0.5, 0.6) is 0 Å². The fourth-order valence-corrected chi connectivity index (χ4v) is 2.55. The van der Waals surface area contributed by atoms with E-state index in [2.05, 4.69) is 19.9 Å². The van der Waals surface area contributed by atoms with Gasteiger partial charge >= 0.3 is 0 Å². The Balaban J connectivity index is 2.04. The lowest BCUT2D eigenvalue weighted by Gasteiger charge is -1.98. The third-order valence-corrected chi connectivity index (χ3v) is 3.80. The second-order valence-corrected chi connectivity index (χ2v) is 5.04. The Morgan fingerprint density at radius 3 is 2.31 bits per heavy atom. The smallest absolute Gasteiger partial charge is 0.124 e. The third-order valence-electron chi connectivity index (χ3n) is 3.80. The molecule has 2 fully saturated rings. The van der Waals surface area contributed by atoms with Gasteiger partial charge in [0.2, 0.25) is 0 Å². The molecule has 72 valence electrons. The van der Waals surface area contributed by atoms with Crippen LogP contribution < -0.4 is 0 Å². The zero-order valence-corrected chi connectivity index (χ0v) is 8.55. The quantitative estimate of drug-likeness (QED) is 0.469. The van der Waals surface area contributed by atoms with E-state index in [9.17, 15) is 4.79 Å². The standard InChI is InChI=1S/C12H18O/c1-12(2)10(11(12)8-13)7-9-5-3-4-6-9/h7-8,10-11H,3-6H2,1-2H3. The van der Waals surface area contributed by atoms with Gasteiger partial charge in [0.15, 0.2) is 0 Å². The molecule has 2 aliphatic rings. The monoisotopic (exact) mass is 178 g/mol. The summed E-state index contributed by atoms with van der Waals surface area (Å²) < 4.78 is 0. The molecule has 2 rings (SSSR count). The number of rotatable bonds is 2. The molecule has 2 aliphatic carbocycles. The zero-order chi connectivity index (χ0) is 9.47. The van der Waals surface area contributed by atoms with Gasteiger partial charge in [0, 0.05) is 5.92 Å². The molecular weight excluding hydrogens is 160 g/mol. The van der Waals surface area contributed by atoms with Gasteiger partial charge in [-0.15, -0.1) is 0 Å². The summed E-state index contributed by atoms with van der Waals surface area (Å²) in [5, 5.41) is 0. The highest BCUT2D eigenvalue weighted by molar-refractivity contribution is 5.62. The maximum absolute atomic E-state index is 10.7. The van der Waals surface area contributed by atoms with Crippen molar-refractivity contribution in [2.75, 3.05) is 0 Å². The molecule has 0 spiro atoms. The minimum Gasteiger partial charge on any atom is -0.303 e. The second-order valence-electron chi connectivity index (χ2n) is 5.04. The summed E-state index contributed by atoms with van der Waals surface area (Å²) in [4.78, 5) is 10.7. The van der Waals surface area contributed by atoms with Crippen molar-refractivity contribution >= 4 is 6.29 Å². The fourth-order valence-electron chi connectivity index (χ4n) is 2.55. The first-order chi connectivity index (χ1) is 6.16. The van der Waals surface area contributed by atoms with Crippen LogP contribution >= 0.6 is 0 Å². The van der Waals surface area contributed by atoms with E-state index < -0.39 is 0 Å². The topological polar surface area (TPSA) is 17.1 Å². The molecule has 2 atom stereocenters. The van der Waals surface area contributed by atoms with Crippen LogP contribution in [-0.4, -0.2) is 6.29 Å². The van der Waals surface area contributed by atoms with Gasteiger partial charge in [-0.1, -0.05) is 25.5 Å². The van der Waals surface area contributed by atoms with E-state index in [1.165, 1.54) is 25.7 Å².